The lowest BCUT2D eigenvalue weighted by molar-refractivity contribution is -0.159. The Morgan fingerprint density at radius 3 is 2.77 bits per heavy atom. The summed E-state index contributed by atoms with van der Waals surface area (Å²) in [6.45, 7) is 10.0. The van der Waals surface area contributed by atoms with Crippen molar-refractivity contribution in [2.24, 2.45) is 11.8 Å². The van der Waals surface area contributed by atoms with Gasteiger partial charge in [-0.05, 0) is 51.2 Å². The van der Waals surface area contributed by atoms with Gasteiger partial charge in [0.2, 0.25) is 17.7 Å². The number of esters is 1. The zero-order valence-electron chi connectivity index (χ0n) is 27.1. The molecular weight excluding hydrogens is 604 g/mol. The Morgan fingerprint density at radius 1 is 1.21 bits per heavy atom. The highest BCUT2D eigenvalue weighted by atomic mass is 16.6. The number of aromatic nitrogens is 3. The maximum atomic E-state index is 14.6. The number of aliphatic hydroxyl groups is 1. The first-order chi connectivity index (χ1) is 22.7. The zero-order valence-corrected chi connectivity index (χ0v) is 27.1. The van der Waals surface area contributed by atoms with E-state index in [9.17, 15) is 24.3 Å². The van der Waals surface area contributed by atoms with Crippen molar-refractivity contribution >= 4 is 34.7 Å². The number of unbranched alkanes of at least 4 members (excludes halogenated alkanes) is 3. The van der Waals surface area contributed by atoms with E-state index in [-0.39, 0.29) is 44.1 Å². The Hall–Kier alpha value is -4.10. The summed E-state index contributed by atoms with van der Waals surface area (Å²) in [6.07, 6.45) is 6.79. The van der Waals surface area contributed by atoms with Crippen molar-refractivity contribution in [1.82, 2.24) is 30.1 Å². The van der Waals surface area contributed by atoms with Crippen molar-refractivity contribution in [3.05, 3.63) is 49.6 Å². The van der Waals surface area contributed by atoms with Gasteiger partial charge in [-0.3, -0.25) is 19.2 Å². The lowest BCUT2D eigenvalue weighted by atomic mass is 9.70. The van der Waals surface area contributed by atoms with Crippen LogP contribution in [0.3, 0.4) is 0 Å². The summed E-state index contributed by atoms with van der Waals surface area (Å²) in [5.41, 5.74) is 0.280. The highest BCUT2D eigenvalue weighted by molar-refractivity contribution is 5.98. The Balaban J connectivity index is 1.38. The predicted molar refractivity (Wildman–Crippen MR) is 172 cm³/mol. The number of hydrogen-bond acceptors (Lipinski definition) is 9. The maximum Gasteiger partial charge on any atom is 0.312 e. The van der Waals surface area contributed by atoms with Crippen molar-refractivity contribution in [3.63, 3.8) is 0 Å². The number of allylic oxidation sites excluding steroid dienone is 1. The van der Waals surface area contributed by atoms with Crippen molar-refractivity contribution in [2.75, 3.05) is 26.2 Å². The highest BCUT2D eigenvalue weighted by Gasteiger charge is 2.75. The van der Waals surface area contributed by atoms with Crippen LogP contribution in [0.2, 0.25) is 0 Å². The summed E-state index contributed by atoms with van der Waals surface area (Å²) in [4.78, 5) is 57.9. The van der Waals surface area contributed by atoms with Crippen LogP contribution in [0.5, 0.6) is 0 Å². The van der Waals surface area contributed by atoms with Gasteiger partial charge >= 0.3 is 5.97 Å². The fourth-order valence-electron chi connectivity index (χ4n) is 7.32. The number of nitrogens with one attached hydrogen (secondary N) is 1. The topological polar surface area (TPSA) is 156 Å². The Labute approximate surface area is 274 Å². The number of nitrogens with zero attached hydrogens (tertiary/aromatic N) is 5. The van der Waals surface area contributed by atoms with E-state index in [0.717, 1.165) is 18.4 Å². The van der Waals surface area contributed by atoms with Crippen LogP contribution in [0.4, 0.5) is 0 Å². The molecule has 3 saturated heterocycles. The molecule has 0 unspecified atom stereocenters. The number of carbonyl (C=O) groups excluding carboxylic acids is 4. The van der Waals surface area contributed by atoms with Gasteiger partial charge in [-0.15, -0.1) is 18.3 Å². The van der Waals surface area contributed by atoms with Gasteiger partial charge < -0.3 is 29.7 Å². The first-order valence-corrected chi connectivity index (χ1v) is 16.6. The molecule has 47 heavy (non-hydrogen) atoms. The fourth-order valence-corrected chi connectivity index (χ4v) is 7.32. The molecule has 2 N–H and O–H groups in total. The highest BCUT2D eigenvalue weighted by Crippen LogP contribution is 2.59. The third kappa shape index (κ3) is 6.96. The number of ether oxygens (including phenoxy) is 2. The van der Waals surface area contributed by atoms with Gasteiger partial charge in [0.1, 0.15) is 29.9 Å². The molecule has 254 valence electrons. The smallest absolute Gasteiger partial charge is 0.312 e. The second kappa shape index (κ2) is 15.2. The number of para-hydroxylation sites is 1. The molecule has 5 rings (SSSR count). The average molecular weight is 651 g/mol. The minimum absolute atomic E-state index is 0.0894. The Bertz CT molecular complexity index is 1480. The molecule has 13 nitrogen and oxygen atoms in total. The second-order valence-electron chi connectivity index (χ2n) is 12.7. The minimum atomic E-state index is -1.18. The van der Waals surface area contributed by atoms with Crippen LogP contribution in [0.15, 0.2) is 49.6 Å². The fraction of sp³-hybridized carbons (Fsp3) is 0.588. The van der Waals surface area contributed by atoms with E-state index >= 15 is 0 Å². The maximum absolute atomic E-state index is 14.6. The summed E-state index contributed by atoms with van der Waals surface area (Å²) >= 11 is 0. The number of fused-ring (bicyclic) bond motifs is 2. The van der Waals surface area contributed by atoms with Crippen LogP contribution in [-0.2, 0) is 35.3 Å². The molecule has 3 amide bonds. The van der Waals surface area contributed by atoms with E-state index in [1.807, 2.05) is 24.3 Å². The van der Waals surface area contributed by atoms with E-state index in [0.29, 0.717) is 50.6 Å². The molecule has 1 aromatic heterocycles. The van der Waals surface area contributed by atoms with Gasteiger partial charge in [0, 0.05) is 26.1 Å². The Morgan fingerprint density at radius 2 is 2.00 bits per heavy atom. The number of benzene rings is 1. The van der Waals surface area contributed by atoms with Crippen LogP contribution in [0.25, 0.3) is 11.0 Å². The van der Waals surface area contributed by atoms with E-state index in [2.05, 4.69) is 28.8 Å². The molecule has 3 fully saturated rings. The van der Waals surface area contributed by atoms with Crippen LogP contribution in [0.1, 0.15) is 58.3 Å². The second-order valence-corrected chi connectivity index (χ2v) is 12.7. The Kier molecular flexibility index (Phi) is 11.1. The third-order valence-corrected chi connectivity index (χ3v) is 9.48. The molecule has 0 radical (unpaired) electrons. The summed E-state index contributed by atoms with van der Waals surface area (Å²) in [6, 6.07) is 6.52. The van der Waals surface area contributed by atoms with Crippen molar-refractivity contribution in [2.45, 2.75) is 88.8 Å². The quantitative estimate of drug-likeness (QED) is 0.140. The molecule has 2 bridgehead atoms. The lowest BCUT2D eigenvalue weighted by Gasteiger charge is -2.36. The predicted octanol–water partition coefficient (Wildman–Crippen LogP) is 2.34. The SMILES string of the molecule is C=CCCC(=O)NC[C@H](C)OC(=O)[C@@H]1[C@H]2C(=O)N(CCCCCCO)[C@H](C(=O)N(CC=C)Cn3nnc4ccccc43)[C@]23CC[C@H]1O3. The third-order valence-electron chi connectivity index (χ3n) is 9.48. The van der Waals surface area contributed by atoms with E-state index in [1.165, 1.54) is 0 Å². The van der Waals surface area contributed by atoms with Crippen LogP contribution in [0, 0.1) is 11.8 Å². The zero-order chi connectivity index (χ0) is 33.6. The summed E-state index contributed by atoms with van der Waals surface area (Å²) in [5, 5.41) is 20.5. The molecule has 6 atom stereocenters. The monoisotopic (exact) mass is 650 g/mol. The van der Waals surface area contributed by atoms with Crippen molar-refractivity contribution < 1.29 is 33.8 Å². The van der Waals surface area contributed by atoms with E-state index < -0.39 is 41.7 Å². The molecule has 1 aromatic carbocycles. The van der Waals surface area contributed by atoms with Crippen LogP contribution in [-0.4, -0.2) is 104 Å². The summed E-state index contributed by atoms with van der Waals surface area (Å²) < 4.78 is 14.0. The van der Waals surface area contributed by atoms with E-state index in [1.54, 1.807) is 33.6 Å². The van der Waals surface area contributed by atoms with Crippen LogP contribution >= 0.6 is 0 Å². The average Bonchev–Trinajstić information content (AvgIpc) is 3.82. The van der Waals surface area contributed by atoms with Gasteiger partial charge in [0.25, 0.3) is 0 Å². The standard InChI is InChI=1S/C34H46N6O7/c1-4-6-15-27(42)35-21-23(3)46-33(45)28-26-16-17-34(47-26)29(28)31(43)39(19-11-7-8-12-20-41)30(34)32(44)38(18-5-2)22-40-25-14-10-9-13-24(25)36-37-40/h4-5,9-10,13-14,23,26,28-30,41H,1-2,6-8,11-12,15-22H2,3H3,(H,35,42)/t23-,26+,28-,29-,30+,34-/m0/s1. The number of likely N-dealkylation sites (tertiary alicyclic amines) is 1. The van der Waals surface area contributed by atoms with Crippen molar-refractivity contribution in [3.8, 4) is 0 Å². The molecular formula is C34H46N6O7. The molecule has 0 saturated carbocycles. The van der Waals surface area contributed by atoms with Gasteiger partial charge in [0.15, 0.2) is 0 Å². The van der Waals surface area contributed by atoms with Gasteiger partial charge in [-0.2, -0.15) is 0 Å². The number of carbonyl (C=O) groups is 4. The first kappa shape index (κ1) is 34.2. The lowest BCUT2D eigenvalue weighted by Crippen LogP contribution is -2.56. The van der Waals surface area contributed by atoms with Crippen LogP contribution < -0.4 is 5.32 Å². The number of hydrogen-bond donors (Lipinski definition) is 2. The molecule has 2 aromatic rings. The normalized spacial score (nSPS) is 25.1. The molecule has 0 aliphatic carbocycles. The molecule has 3 aliphatic heterocycles. The van der Waals surface area contributed by atoms with E-state index in [4.69, 9.17) is 9.47 Å². The number of amides is 3. The van der Waals surface area contributed by atoms with Gasteiger partial charge in [-0.25, -0.2) is 4.68 Å². The minimum Gasteiger partial charge on any atom is -0.460 e. The molecule has 13 heteroatoms. The number of rotatable bonds is 18. The molecule has 3 aliphatic rings. The van der Waals surface area contributed by atoms with Gasteiger partial charge in [0.05, 0.1) is 30.0 Å². The molecule has 4 heterocycles. The van der Waals surface area contributed by atoms with Gasteiger partial charge in [-0.1, -0.05) is 42.3 Å². The summed E-state index contributed by atoms with van der Waals surface area (Å²) in [7, 11) is 0. The molecule has 1 spiro atoms. The first-order valence-electron chi connectivity index (χ1n) is 16.6. The van der Waals surface area contributed by atoms with Crippen molar-refractivity contribution in [1.29, 1.82) is 0 Å². The summed E-state index contributed by atoms with van der Waals surface area (Å²) in [5.74, 6) is -3.05. The largest absolute Gasteiger partial charge is 0.460 e. The number of aliphatic hydroxyl groups excluding tert-OH is 1.